The third-order valence-corrected chi connectivity index (χ3v) is 3.34. The summed E-state index contributed by atoms with van der Waals surface area (Å²) in [7, 11) is 0. The Bertz CT molecular complexity index is 482. The molecule has 2 aromatic rings. The summed E-state index contributed by atoms with van der Waals surface area (Å²) >= 11 is 2.76. The normalized spacial score (nSPS) is 9.80. The Morgan fingerprint density at radius 2 is 2.47 bits per heavy atom. The first-order chi connectivity index (χ1) is 7.31. The molecule has 0 saturated heterocycles. The molecule has 0 aliphatic rings. The van der Waals surface area contributed by atoms with Crippen LogP contribution in [0.15, 0.2) is 11.7 Å². The summed E-state index contributed by atoms with van der Waals surface area (Å²) in [4.78, 5) is 5.06. The molecule has 2 heterocycles. The molecule has 2 rings (SSSR count). The van der Waals surface area contributed by atoms with Crippen molar-refractivity contribution in [1.29, 1.82) is 5.26 Å². The zero-order valence-corrected chi connectivity index (χ0v) is 9.23. The Balaban J connectivity index is 2.09. The minimum Gasteiger partial charge on any atom is -0.382 e. The van der Waals surface area contributed by atoms with E-state index in [1.54, 1.807) is 23.0 Å². The van der Waals surface area contributed by atoms with Crippen molar-refractivity contribution in [2.24, 2.45) is 0 Å². The van der Waals surface area contributed by atoms with Gasteiger partial charge in [-0.1, -0.05) is 0 Å². The van der Waals surface area contributed by atoms with E-state index < -0.39 is 0 Å². The fraction of sp³-hybridized carbons (Fsp3) is 0.125. The van der Waals surface area contributed by atoms with Gasteiger partial charge in [0.05, 0.1) is 12.1 Å². The summed E-state index contributed by atoms with van der Waals surface area (Å²) < 4.78 is 3.91. The number of hydrogen-bond donors (Lipinski definition) is 2. The highest BCUT2D eigenvalue weighted by molar-refractivity contribution is 7.11. The highest BCUT2D eigenvalue weighted by Crippen LogP contribution is 2.26. The number of nitrogens with one attached hydrogen (secondary N) is 1. The first-order valence-electron chi connectivity index (χ1n) is 4.07. The minimum atomic E-state index is 0.286. The lowest BCUT2D eigenvalue weighted by Gasteiger charge is -1.99. The van der Waals surface area contributed by atoms with Gasteiger partial charge in [0.15, 0.2) is 5.82 Å². The summed E-state index contributed by atoms with van der Waals surface area (Å²) in [6.45, 7) is 0.640. The fourth-order valence-corrected chi connectivity index (χ4v) is 2.22. The molecule has 0 spiro atoms. The van der Waals surface area contributed by atoms with Crippen LogP contribution in [0.3, 0.4) is 0 Å². The molecule has 0 saturated carbocycles. The number of aromatic nitrogens is 2. The zero-order valence-electron chi connectivity index (χ0n) is 7.60. The molecule has 7 heteroatoms. The summed E-state index contributed by atoms with van der Waals surface area (Å²) in [5, 5.41) is 12.7. The lowest BCUT2D eigenvalue weighted by molar-refractivity contribution is 1.18. The lowest BCUT2D eigenvalue weighted by Crippen LogP contribution is -1.97. The molecule has 2 aromatic heterocycles. The van der Waals surface area contributed by atoms with Gasteiger partial charge in [0, 0.05) is 11.1 Å². The third kappa shape index (κ3) is 2.06. The Labute approximate surface area is 94.4 Å². The van der Waals surface area contributed by atoms with Gasteiger partial charge in [-0.25, -0.2) is 0 Å². The van der Waals surface area contributed by atoms with Crippen molar-refractivity contribution in [1.82, 2.24) is 9.36 Å². The number of anilines is 2. The van der Waals surface area contributed by atoms with Crippen LogP contribution in [0.2, 0.25) is 0 Å². The maximum absolute atomic E-state index is 8.83. The van der Waals surface area contributed by atoms with Crippen LogP contribution in [0, 0.1) is 11.3 Å². The maximum Gasteiger partial charge on any atom is 0.157 e. The number of nitriles is 1. The molecule has 5 nitrogen and oxygen atoms in total. The van der Waals surface area contributed by atoms with Crippen LogP contribution in [0.4, 0.5) is 10.8 Å². The predicted molar refractivity (Wildman–Crippen MR) is 60.7 cm³/mol. The summed E-state index contributed by atoms with van der Waals surface area (Å²) in [5.41, 5.74) is 7.72. The van der Waals surface area contributed by atoms with Crippen LogP contribution in [0.25, 0.3) is 0 Å². The molecule has 0 fully saturated rings. The van der Waals surface area contributed by atoms with Crippen LogP contribution in [-0.4, -0.2) is 9.36 Å². The first kappa shape index (κ1) is 9.89. The van der Waals surface area contributed by atoms with Crippen LogP contribution in [-0.2, 0) is 6.54 Å². The monoisotopic (exact) mass is 237 g/mol. The Morgan fingerprint density at radius 1 is 1.60 bits per heavy atom. The lowest BCUT2D eigenvalue weighted by atomic mass is 10.3. The largest absolute Gasteiger partial charge is 0.382 e. The van der Waals surface area contributed by atoms with Gasteiger partial charge in [-0.2, -0.15) is 9.64 Å². The molecule has 76 valence electrons. The number of nitrogen functional groups attached to an aromatic ring is 1. The van der Waals surface area contributed by atoms with Crippen LogP contribution in [0.1, 0.15) is 10.4 Å². The van der Waals surface area contributed by atoms with Crippen molar-refractivity contribution < 1.29 is 0 Å². The maximum atomic E-state index is 8.83. The quantitative estimate of drug-likeness (QED) is 0.847. The number of rotatable bonds is 3. The first-order valence-corrected chi connectivity index (χ1v) is 5.73. The second-order valence-electron chi connectivity index (χ2n) is 2.71. The molecule has 3 N–H and O–H groups in total. The number of nitrogens with zero attached hydrogens (tertiary/aromatic N) is 3. The van der Waals surface area contributed by atoms with Crippen LogP contribution < -0.4 is 11.1 Å². The molecule has 0 bridgehead atoms. The van der Waals surface area contributed by atoms with E-state index in [-0.39, 0.29) is 5.82 Å². The van der Waals surface area contributed by atoms with Gasteiger partial charge < -0.3 is 11.1 Å². The topological polar surface area (TPSA) is 87.6 Å². The Morgan fingerprint density at radius 3 is 3.13 bits per heavy atom. The highest BCUT2D eigenvalue weighted by Gasteiger charge is 2.10. The van der Waals surface area contributed by atoms with Crippen LogP contribution in [0.5, 0.6) is 0 Å². The fourth-order valence-electron chi connectivity index (χ4n) is 1.03. The van der Waals surface area contributed by atoms with Gasteiger partial charge in [-0.3, -0.25) is 4.98 Å². The van der Waals surface area contributed by atoms with E-state index in [1.807, 2.05) is 6.07 Å². The van der Waals surface area contributed by atoms with Gasteiger partial charge in [0.2, 0.25) is 0 Å². The van der Waals surface area contributed by atoms with E-state index in [2.05, 4.69) is 14.7 Å². The molecule has 0 unspecified atom stereocenters. The van der Waals surface area contributed by atoms with E-state index in [0.717, 1.165) is 4.88 Å². The second-order valence-corrected chi connectivity index (χ2v) is 4.45. The van der Waals surface area contributed by atoms with Crippen molar-refractivity contribution in [2.45, 2.75) is 6.54 Å². The van der Waals surface area contributed by atoms with Gasteiger partial charge in [0.1, 0.15) is 16.6 Å². The Kier molecular flexibility index (Phi) is 2.80. The van der Waals surface area contributed by atoms with Gasteiger partial charge in [-0.15, -0.1) is 11.3 Å². The molecule has 15 heavy (non-hydrogen) atoms. The highest BCUT2D eigenvalue weighted by atomic mass is 32.1. The van der Waals surface area contributed by atoms with Gasteiger partial charge in [0.25, 0.3) is 0 Å². The van der Waals surface area contributed by atoms with Crippen molar-refractivity contribution in [3.05, 3.63) is 22.1 Å². The molecule has 0 aliphatic heterocycles. The molecule has 0 radical (unpaired) electrons. The number of thiazole rings is 1. The van der Waals surface area contributed by atoms with E-state index in [4.69, 9.17) is 11.0 Å². The molecule has 0 amide bonds. The SMILES string of the molecule is N#Cc1c(N)nsc1NCc1cncs1. The van der Waals surface area contributed by atoms with Crippen LogP contribution >= 0.6 is 22.9 Å². The third-order valence-electron chi connectivity index (χ3n) is 1.74. The van der Waals surface area contributed by atoms with E-state index >= 15 is 0 Å². The van der Waals surface area contributed by atoms with E-state index in [1.165, 1.54) is 11.5 Å². The Hall–Kier alpha value is -1.65. The van der Waals surface area contributed by atoms with Gasteiger partial charge >= 0.3 is 0 Å². The summed E-state index contributed by atoms with van der Waals surface area (Å²) in [6.07, 6.45) is 1.79. The number of nitrogens with two attached hydrogens (primary N) is 1. The molecular formula is C8H7N5S2. The average Bonchev–Trinajstić information content (AvgIpc) is 2.84. The van der Waals surface area contributed by atoms with Crippen molar-refractivity contribution >= 4 is 33.7 Å². The molecule has 0 aromatic carbocycles. The van der Waals surface area contributed by atoms with Crippen molar-refractivity contribution in [2.75, 3.05) is 11.1 Å². The van der Waals surface area contributed by atoms with Crippen molar-refractivity contribution in [3.63, 3.8) is 0 Å². The summed E-state index contributed by atoms with van der Waals surface area (Å²) in [6, 6.07) is 2.02. The second kappa shape index (κ2) is 4.25. The zero-order chi connectivity index (χ0) is 10.7. The predicted octanol–water partition coefficient (Wildman–Crippen LogP) is 1.67. The van der Waals surface area contributed by atoms with E-state index in [9.17, 15) is 0 Å². The smallest absolute Gasteiger partial charge is 0.157 e. The van der Waals surface area contributed by atoms with E-state index in [0.29, 0.717) is 17.1 Å². The molecule has 0 atom stereocenters. The molecule has 0 aliphatic carbocycles. The van der Waals surface area contributed by atoms with Crippen molar-refractivity contribution in [3.8, 4) is 6.07 Å². The standard InChI is InChI=1S/C8H7N5S2/c9-1-6-7(10)13-15-8(6)12-3-5-2-11-4-14-5/h2,4,12H,3H2,(H2,10,13). The minimum absolute atomic E-state index is 0.286. The summed E-state index contributed by atoms with van der Waals surface area (Å²) in [5.74, 6) is 0.286. The average molecular weight is 237 g/mol. The number of hydrogen-bond acceptors (Lipinski definition) is 7. The van der Waals surface area contributed by atoms with Gasteiger partial charge in [-0.05, 0) is 11.5 Å². The molecular weight excluding hydrogens is 230 g/mol.